The number of hydrogen-bond acceptors (Lipinski definition) is 8. The number of likely N-dealkylation sites (N-methyl/N-ethyl adjacent to an activating group) is 1. The van der Waals surface area contributed by atoms with E-state index in [-0.39, 0.29) is 29.6 Å². The highest BCUT2D eigenvalue weighted by Gasteiger charge is 2.47. The number of sulfonamides is 1. The molecule has 11 heteroatoms. The lowest BCUT2D eigenvalue weighted by atomic mass is 9.64. The number of nitrogens with one attached hydrogen (secondary N) is 1. The molecule has 2 bridgehead atoms. The Balaban J connectivity index is 1.14. The molecule has 8 rings (SSSR count). The molecule has 9 nitrogen and oxygen atoms in total. The molecular weight excluding hydrogens is 686 g/mol. The van der Waals surface area contributed by atoms with Crippen LogP contribution in [0.5, 0.6) is 5.75 Å². The van der Waals surface area contributed by atoms with Crippen molar-refractivity contribution in [3.63, 3.8) is 0 Å². The first-order valence-corrected chi connectivity index (χ1v) is 21.3. The molecule has 0 radical (unpaired) electrons. The van der Waals surface area contributed by atoms with Crippen LogP contribution in [-0.2, 0) is 31.3 Å². The standard InChI is InChI=1S/C40H54ClN3O6S/c1-25-6-4-8-34(39-48-21-32(22-49-39)43(3)31-12-13-31)33-14-9-29(33)20-44-23-40(17-5-7-27-18-30(41)11-15-35(27)40)24-50-37-16-10-28(19-36(37)44)38(45)42-51(46,47)26(25)2/h10-11,15-16,18-19,25-26,29,31-34,39H,4-9,12-14,17,20-24H2,1-3H3,(H,42,45)/t25-,26+,29-,32-,33+,34-,39+,40-/m0/s1. The first kappa shape index (κ1) is 35.6. The fourth-order valence-corrected chi connectivity index (χ4v) is 11.2. The van der Waals surface area contributed by atoms with Crippen molar-refractivity contribution in [2.75, 3.05) is 44.9 Å². The topological polar surface area (TPSA) is 97.4 Å². The minimum Gasteiger partial charge on any atom is -0.490 e. The lowest BCUT2D eigenvalue weighted by Crippen LogP contribution is -2.52. The number of nitrogens with zero attached hydrogens (tertiary/aromatic N) is 2. The number of hydrogen-bond donors (Lipinski definition) is 1. The molecule has 3 aliphatic carbocycles. The highest BCUT2D eigenvalue weighted by molar-refractivity contribution is 7.90. The van der Waals surface area contributed by atoms with Gasteiger partial charge in [-0.2, -0.15) is 0 Å². The van der Waals surface area contributed by atoms with Gasteiger partial charge in [-0.25, -0.2) is 13.1 Å². The Kier molecular flexibility index (Phi) is 9.87. The molecule has 0 unspecified atom stereocenters. The van der Waals surface area contributed by atoms with Gasteiger partial charge < -0.3 is 19.1 Å². The van der Waals surface area contributed by atoms with Crippen LogP contribution in [0, 0.1) is 23.7 Å². The van der Waals surface area contributed by atoms with Gasteiger partial charge in [-0.3, -0.25) is 9.69 Å². The van der Waals surface area contributed by atoms with E-state index in [4.69, 9.17) is 25.8 Å². The zero-order valence-electron chi connectivity index (χ0n) is 30.3. The van der Waals surface area contributed by atoms with Crippen LogP contribution < -0.4 is 14.4 Å². The molecule has 3 heterocycles. The molecule has 6 aliphatic rings. The van der Waals surface area contributed by atoms with Crippen LogP contribution in [0.15, 0.2) is 36.4 Å². The second-order valence-corrected chi connectivity index (χ2v) is 19.1. The largest absolute Gasteiger partial charge is 0.490 e. The summed E-state index contributed by atoms with van der Waals surface area (Å²) >= 11 is 6.49. The smallest absolute Gasteiger partial charge is 0.264 e. The number of carbonyl (C=O) groups excluding carboxylic acids is 1. The van der Waals surface area contributed by atoms with Gasteiger partial charge in [0.05, 0.1) is 36.8 Å². The third-order valence-corrected chi connectivity index (χ3v) is 15.6. The average Bonchev–Trinajstić information content (AvgIpc) is 3.97. The van der Waals surface area contributed by atoms with Crippen molar-refractivity contribution in [2.24, 2.45) is 23.7 Å². The van der Waals surface area contributed by atoms with Crippen molar-refractivity contribution in [1.29, 1.82) is 0 Å². The Morgan fingerprint density at radius 2 is 1.75 bits per heavy atom. The van der Waals surface area contributed by atoms with Gasteiger partial charge in [-0.15, -0.1) is 0 Å². The molecule has 2 aromatic carbocycles. The molecule has 278 valence electrons. The zero-order valence-corrected chi connectivity index (χ0v) is 31.9. The number of benzene rings is 2. The van der Waals surface area contributed by atoms with Gasteiger partial charge in [0.25, 0.3) is 5.91 Å². The predicted molar refractivity (Wildman–Crippen MR) is 199 cm³/mol. The van der Waals surface area contributed by atoms with Crippen molar-refractivity contribution in [1.82, 2.24) is 9.62 Å². The van der Waals surface area contributed by atoms with Crippen molar-refractivity contribution >= 4 is 33.2 Å². The van der Waals surface area contributed by atoms with Gasteiger partial charge >= 0.3 is 0 Å². The van der Waals surface area contributed by atoms with E-state index >= 15 is 0 Å². The molecule has 6 atom stereocenters. The number of rotatable bonds is 3. The maximum Gasteiger partial charge on any atom is 0.264 e. The summed E-state index contributed by atoms with van der Waals surface area (Å²) in [6, 6.07) is 12.6. The molecule has 2 aromatic rings. The van der Waals surface area contributed by atoms with E-state index in [0.717, 1.165) is 80.9 Å². The van der Waals surface area contributed by atoms with Gasteiger partial charge in [0.1, 0.15) is 5.75 Å². The van der Waals surface area contributed by atoms with Gasteiger partial charge in [-0.05, 0) is 131 Å². The maximum absolute atomic E-state index is 13.6. The number of fused-ring (bicyclic) bond motifs is 4. The van der Waals surface area contributed by atoms with Crippen LogP contribution in [0.3, 0.4) is 0 Å². The van der Waals surface area contributed by atoms with E-state index in [9.17, 15) is 13.2 Å². The van der Waals surface area contributed by atoms with Gasteiger partial charge in [0.2, 0.25) is 10.0 Å². The molecule has 2 saturated carbocycles. The van der Waals surface area contributed by atoms with Crippen molar-refractivity contribution < 1.29 is 27.4 Å². The number of ether oxygens (including phenoxy) is 3. The number of amides is 1. The van der Waals surface area contributed by atoms with Crippen molar-refractivity contribution in [3.8, 4) is 5.75 Å². The number of halogens is 1. The first-order chi connectivity index (χ1) is 24.5. The summed E-state index contributed by atoms with van der Waals surface area (Å²) in [5.41, 5.74) is 3.51. The zero-order chi connectivity index (χ0) is 35.5. The molecule has 51 heavy (non-hydrogen) atoms. The van der Waals surface area contributed by atoms with Crippen LogP contribution >= 0.6 is 11.6 Å². The molecule has 1 amide bonds. The summed E-state index contributed by atoms with van der Waals surface area (Å²) in [5, 5.41) is 0.0366. The van der Waals surface area contributed by atoms with E-state index in [0.29, 0.717) is 43.3 Å². The number of anilines is 1. The SMILES string of the molecule is C[C@@H]1[C@@H](C)CCC[C@H]([C@H]2OC[C@@H](N(C)C3CC3)CO2)[C@@H]2CC[C@H]2CN2C[C@@]3(CCCc4cc(Cl)ccc43)COc3ccc(cc32)C(=O)NS1(=O)=O. The lowest BCUT2D eigenvalue weighted by molar-refractivity contribution is -0.242. The summed E-state index contributed by atoms with van der Waals surface area (Å²) in [6.45, 7) is 7.15. The number of aryl methyl sites for hydroxylation is 1. The molecular formula is C40H54ClN3O6S. The molecule has 3 fully saturated rings. The van der Waals surface area contributed by atoms with Crippen LogP contribution in [0.4, 0.5) is 5.69 Å². The van der Waals surface area contributed by atoms with E-state index in [1.807, 2.05) is 25.1 Å². The van der Waals surface area contributed by atoms with Gasteiger partial charge in [0, 0.05) is 41.1 Å². The van der Waals surface area contributed by atoms with E-state index < -0.39 is 21.2 Å². The average molecular weight is 740 g/mol. The fraction of sp³-hybridized carbons (Fsp3) is 0.675. The minimum absolute atomic E-state index is 0.119. The summed E-state index contributed by atoms with van der Waals surface area (Å²) in [5.74, 6) is 1.08. The van der Waals surface area contributed by atoms with E-state index in [2.05, 4.69) is 33.7 Å². The molecule has 1 N–H and O–H groups in total. The molecule has 1 saturated heterocycles. The van der Waals surface area contributed by atoms with Gasteiger partial charge in [-0.1, -0.05) is 31.0 Å². The van der Waals surface area contributed by atoms with Crippen LogP contribution in [0.1, 0.15) is 93.1 Å². The minimum atomic E-state index is -3.90. The predicted octanol–water partition coefficient (Wildman–Crippen LogP) is 6.56. The lowest BCUT2D eigenvalue weighted by Gasteiger charge is -2.49. The van der Waals surface area contributed by atoms with Crippen molar-refractivity contribution in [3.05, 3.63) is 58.1 Å². The van der Waals surface area contributed by atoms with Crippen LogP contribution in [0.25, 0.3) is 0 Å². The quantitative estimate of drug-likeness (QED) is 0.379. The maximum atomic E-state index is 13.6. The van der Waals surface area contributed by atoms with Crippen LogP contribution in [-0.4, -0.2) is 82.8 Å². The molecule has 1 spiro atoms. The fourth-order valence-electron chi connectivity index (χ4n) is 9.74. The third kappa shape index (κ3) is 7.05. The second-order valence-electron chi connectivity index (χ2n) is 16.6. The second kappa shape index (κ2) is 14.1. The third-order valence-electron chi connectivity index (χ3n) is 13.5. The van der Waals surface area contributed by atoms with E-state index in [1.54, 1.807) is 13.0 Å². The Bertz CT molecular complexity index is 1730. The molecule has 0 aromatic heterocycles. The Morgan fingerprint density at radius 3 is 2.49 bits per heavy atom. The Labute approximate surface area is 308 Å². The highest BCUT2D eigenvalue weighted by atomic mass is 35.5. The summed E-state index contributed by atoms with van der Waals surface area (Å²) in [7, 11) is -1.71. The summed E-state index contributed by atoms with van der Waals surface area (Å²) in [6.07, 6.45) is 10.1. The van der Waals surface area contributed by atoms with Gasteiger partial charge in [0.15, 0.2) is 6.29 Å². The highest BCUT2D eigenvalue weighted by Crippen LogP contribution is 2.49. The molecule has 3 aliphatic heterocycles. The summed E-state index contributed by atoms with van der Waals surface area (Å²) < 4.78 is 49.4. The summed E-state index contributed by atoms with van der Waals surface area (Å²) in [4.78, 5) is 18.5. The monoisotopic (exact) mass is 739 g/mol. The number of carbonyl (C=O) groups is 1. The first-order valence-electron chi connectivity index (χ1n) is 19.3. The van der Waals surface area contributed by atoms with Crippen molar-refractivity contribution in [2.45, 2.75) is 107 Å². The van der Waals surface area contributed by atoms with Crippen LogP contribution in [0.2, 0.25) is 5.02 Å². The Morgan fingerprint density at radius 1 is 0.941 bits per heavy atom. The Hall–Kier alpha value is -2.37. The normalized spacial score (nSPS) is 35.5. The van der Waals surface area contributed by atoms with E-state index in [1.165, 1.54) is 24.0 Å².